The summed E-state index contributed by atoms with van der Waals surface area (Å²) < 4.78 is 0. The Balaban J connectivity index is 2.11. The van der Waals surface area contributed by atoms with Crippen LogP contribution < -0.4 is 5.32 Å². The zero-order valence-corrected chi connectivity index (χ0v) is 10.9. The van der Waals surface area contributed by atoms with Gasteiger partial charge in [0.2, 0.25) is 0 Å². The normalized spacial score (nSPS) is 17.6. The fourth-order valence-electron chi connectivity index (χ4n) is 2.14. The van der Waals surface area contributed by atoms with Crippen molar-refractivity contribution >= 4 is 5.91 Å². The van der Waals surface area contributed by atoms with Crippen molar-refractivity contribution in [2.75, 3.05) is 26.2 Å². The lowest BCUT2D eigenvalue weighted by Crippen LogP contribution is -2.48. The van der Waals surface area contributed by atoms with Crippen LogP contribution in [0.1, 0.15) is 22.8 Å². The number of nitrogens with one attached hydrogen (secondary N) is 1. The van der Waals surface area contributed by atoms with Crippen LogP contribution in [0.25, 0.3) is 0 Å². The summed E-state index contributed by atoms with van der Waals surface area (Å²) in [6, 6.07) is 5.66. The molecule has 2 N–H and O–H groups in total. The van der Waals surface area contributed by atoms with Gasteiger partial charge < -0.3 is 15.3 Å². The van der Waals surface area contributed by atoms with E-state index in [1.807, 2.05) is 32.0 Å². The number of carbonyl (C=O) groups excluding carboxylic acids is 1. The number of aryl methyl sites for hydroxylation is 2. The van der Waals surface area contributed by atoms with Crippen LogP contribution in [-0.4, -0.2) is 42.1 Å². The van der Waals surface area contributed by atoms with Crippen LogP contribution in [0.4, 0.5) is 0 Å². The van der Waals surface area contributed by atoms with Crippen molar-refractivity contribution in [2.45, 2.75) is 20.0 Å². The van der Waals surface area contributed by atoms with Crippen molar-refractivity contribution < 1.29 is 9.90 Å². The predicted molar refractivity (Wildman–Crippen MR) is 70.3 cm³/mol. The molecule has 1 aliphatic rings. The fraction of sp³-hybridized carbons (Fsp3) is 0.500. The Hall–Kier alpha value is -1.39. The average Bonchev–Trinajstić information content (AvgIpc) is 2.41. The van der Waals surface area contributed by atoms with Crippen molar-refractivity contribution in [3.63, 3.8) is 0 Å². The van der Waals surface area contributed by atoms with Crippen molar-refractivity contribution in [2.24, 2.45) is 0 Å². The molecule has 0 spiro atoms. The van der Waals surface area contributed by atoms with Crippen molar-refractivity contribution in [1.82, 2.24) is 10.2 Å². The highest BCUT2D eigenvalue weighted by molar-refractivity contribution is 5.82. The number of carbonyl (C=O) groups is 1. The van der Waals surface area contributed by atoms with Gasteiger partial charge in [0.25, 0.3) is 5.91 Å². The molecule has 1 atom stereocenters. The first-order chi connectivity index (χ1) is 8.59. The second kappa shape index (κ2) is 5.50. The Morgan fingerprint density at radius 2 is 1.94 bits per heavy atom. The Kier molecular flexibility index (Phi) is 3.99. The molecule has 1 amide bonds. The molecule has 1 aliphatic heterocycles. The molecule has 0 saturated carbocycles. The predicted octanol–water partition coefficient (Wildman–Crippen LogP) is 0.769. The van der Waals surface area contributed by atoms with Gasteiger partial charge >= 0.3 is 0 Å². The molecule has 1 fully saturated rings. The van der Waals surface area contributed by atoms with E-state index in [2.05, 4.69) is 5.32 Å². The van der Waals surface area contributed by atoms with Gasteiger partial charge in [0.1, 0.15) is 0 Å². The first kappa shape index (κ1) is 13.1. The van der Waals surface area contributed by atoms with Gasteiger partial charge in [0, 0.05) is 26.2 Å². The Labute approximate surface area is 108 Å². The summed E-state index contributed by atoms with van der Waals surface area (Å²) in [6.45, 7) is 6.93. The quantitative estimate of drug-likeness (QED) is 0.813. The third-order valence-corrected chi connectivity index (χ3v) is 3.51. The molecule has 4 nitrogen and oxygen atoms in total. The van der Waals surface area contributed by atoms with Crippen LogP contribution in [0.2, 0.25) is 0 Å². The van der Waals surface area contributed by atoms with Gasteiger partial charge in [-0.3, -0.25) is 4.79 Å². The maximum atomic E-state index is 12.1. The Morgan fingerprint density at radius 3 is 2.56 bits per heavy atom. The number of piperazine rings is 1. The molecule has 1 unspecified atom stereocenters. The smallest absolute Gasteiger partial charge is 0.256 e. The summed E-state index contributed by atoms with van der Waals surface area (Å²) in [7, 11) is 0. The minimum atomic E-state index is -1.04. The number of rotatable bonds is 2. The maximum Gasteiger partial charge on any atom is 0.256 e. The summed E-state index contributed by atoms with van der Waals surface area (Å²) >= 11 is 0. The standard InChI is InChI=1S/C14H20N2O2/c1-10-3-4-12(9-11(10)2)13(17)14(18)16-7-5-15-6-8-16/h3-4,9,13,15,17H,5-8H2,1-2H3. The van der Waals surface area contributed by atoms with Gasteiger partial charge in [-0.1, -0.05) is 18.2 Å². The fourth-order valence-corrected chi connectivity index (χ4v) is 2.14. The summed E-state index contributed by atoms with van der Waals surface area (Å²) in [4.78, 5) is 13.9. The minimum absolute atomic E-state index is 0.195. The molecule has 1 saturated heterocycles. The Bertz CT molecular complexity index is 439. The first-order valence-electron chi connectivity index (χ1n) is 6.34. The summed E-state index contributed by atoms with van der Waals surface area (Å²) in [5.41, 5.74) is 2.95. The molecule has 0 radical (unpaired) electrons. The second-order valence-corrected chi connectivity index (χ2v) is 4.82. The molecule has 1 aromatic rings. The molecular formula is C14H20N2O2. The van der Waals surface area contributed by atoms with Crippen LogP contribution in [0, 0.1) is 13.8 Å². The van der Waals surface area contributed by atoms with Crippen LogP contribution >= 0.6 is 0 Å². The van der Waals surface area contributed by atoms with E-state index in [4.69, 9.17) is 0 Å². The van der Waals surface area contributed by atoms with E-state index in [-0.39, 0.29) is 5.91 Å². The average molecular weight is 248 g/mol. The molecule has 1 aromatic carbocycles. The lowest BCUT2D eigenvalue weighted by molar-refractivity contribution is -0.141. The molecule has 0 aromatic heterocycles. The van der Waals surface area contributed by atoms with Crippen LogP contribution in [-0.2, 0) is 4.79 Å². The van der Waals surface area contributed by atoms with Gasteiger partial charge in [0.05, 0.1) is 0 Å². The molecule has 0 aliphatic carbocycles. The summed E-state index contributed by atoms with van der Waals surface area (Å²) in [5, 5.41) is 13.3. The summed E-state index contributed by atoms with van der Waals surface area (Å²) in [6.07, 6.45) is -1.04. The van der Waals surface area contributed by atoms with E-state index in [9.17, 15) is 9.90 Å². The van der Waals surface area contributed by atoms with E-state index >= 15 is 0 Å². The van der Waals surface area contributed by atoms with Gasteiger partial charge in [-0.15, -0.1) is 0 Å². The SMILES string of the molecule is Cc1ccc(C(O)C(=O)N2CCNCC2)cc1C. The lowest BCUT2D eigenvalue weighted by atomic mass is 10.0. The third-order valence-electron chi connectivity index (χ3n) is 3.51. The van der Waals surface area contributed by atoms with Crippen molar-refractivity contribution in [3.05, 3.63) is 34.9 Å². The molecule has 1 heterocycles. The van der Waals surface area contributed by atoms with Gasteiger partial charge in [-0.05, 0) is 30.5 Å². The molecule has 2 rings (SSSR count). The number of hydrogen-bond donors (Lipinski definition) is 2. The Morgan fingerprint density at radius 1 is 1.28 bits per heavy atom. The maximum absolute atomic E-state index is 12.1. The number of nitrogens with zero attached hydrogens (tertiary/aromatic N) is 1. The number of benzene rings is 1. The second-order valence-electron chi connectivity index (χ2n) is 4.82. The third kappa shape index (κ3) is 2.71. The highest BCUT2D eigenvalue weighted by atomic mass is 16.3. The van der Waals surface area contributed by atoms with Crippen LogP contribution in [0.15, 0.2) is 18.2 Å². The number of aliphatic hydroxyl groups excluding tert-OH is 1. The van der Waals surface area contributed by atoms with Gasteiger partial charge in [-0.25, -0.2) is 0 Å². The van der Waals surface area contributed by atoms with Crippen molar-refractivity contribution in [1.29, 1.82) is 0 Å². The topological polar surface area (TPSA) is 52.6 Å². The van der Waals surface area contributed by atoms with E-state index < -0.39 is 6.10 Å². The van der Waals surface area contributed by atoms with E-state index in [1.165, 1.54) is 5.56 Å². The molecule has 18 heavy (non-hydrogen) atoms. The highest BCUT2D eigenvalue weighted by Gasteiger charge is 2.24. The van der Waals surface area contributed by atoms with Gasteiger partial charge in [0.15, 0.2) is 6.10 Å². The van der Waals surface area contributed by atoms with E-state index in [1.54, 1.807) is 4.90 Å². The monoisotopic (exact) mass is 248 g/mol. The molecular weight excluding hydrogens is 228 g/mol. The van der Waals surface area contributed by atoms with E-state index in [0.717, 1.165) is 18.7 Å². The molecule has 0 bridgehead atoms. The minimum Gasteiger partial charge on any atom is -0.378 e. The van der Waals surface area contributed by atoms with Crippen LogP contribution in [0.5, 0.6) is 0 Å². The number of aliphatic hydroxyl groups is 1. The highest BCUT2D eigenvalue weighted by Crippen LogP contribution is 2.19. The number of amides is 1. The zero-order valence-electron chi connectivity index (χ0n) is 10.9. The molecule has 98 valence electrons. The summed E-state index contributed by atoms with van der Waals surface area (Å²) in [5.74, 6) is -0.195. The number of hydrogen-bond acceptors (Lipinski definition) is 3. The first-order valence-corrected chi connectivity index (χ1v) is 6.34. The zero-order chi connectivity index (χ0) is 13.1. The van der Waals surface area contributed by atoms with E-state index in [0.29, 0.717) is 18.7 Å². The largest absolute Gasteiger partial charge is 0.378 e. The van der Waals surface area contributed by atoms with Crippen LogP contribution in [0.3, 0.4) is 0 Å². The lowest BCUT2D eigenvalue weighted by Gasteiger charge is -2.29. The van der Waals surface area contributed by atoms with Crippen molar-refractivity contribution in [3.8, 4) is 0 Å². The molecule has 4 heteroatoms. The van der Waals surface area contributed by atoms with Gasteiger partial charge in [-0.2, -0.15) is 0 Å².